The van der Waals surface area contributed by atoms with Gasteiger partial charge < -0.3 is 88.4 Å². The Hall–Kier alpha value is -10.2. The lowest BCUT2D eigenvalue weighted by atomic mass is 10.0. The standard InChI is InChI=1S/C67H86N14O17S2/c1-37(2)22-50-64(93)81-55-35-100-33-41-23-40(24-45(25-41)97-20-8-4-5-9-21-98-72-31-56(83)74-50)32-99-34-54(59(68)88)80-60(89)38(3)73-63(92)53(28-43-30-69-36-71-43)79-62(91)49(17-19-58(86)87)76-66(95)52(27-42-29-70-47-11-7-6-10-46(42)47)78-61(90)48(16-18-57(84)85)75-65(94)51(77-67(55)96)26-39-12-14-44(82)15-13-39/h6-7,10-15,23-25,29-31,36-38,48-55,70,82H,4-5,8-9,16-22,26-28,32-35H2,1-3H3,(H2,68,88)(H,69,71)(H,73,92)(H,74,83)(H,75,94)(H,76,95)(H,77,96)(H,78,90)(H,79,91)(H,80,89)(H,81,93)(H,84,85)(H,86,87)/b72-31+/t38-,48-,49+,50-,51-,52-,53-,54-,55-/m0/s1. The lowest BCUT2D eigenvalue weighted by molar-refractivity contribution is -0.139. The number of carbonyl (C=O) groups is 12. The number of phenols is 1. The van der Waals surface area contributed by atoms with Crippen LogP contribution >= 0.6 is 23.5 Å². The number of amides is 10. The van der Waals surface area contributed by atoms with Crippen LogP contribution in [-0.2, 0) is 93.1 Å². The van der Waals surface area contributed by atoms with Crippen molar-refractivity contribution in [3.05, 3.63) is 113 Å². The van der Waals surface area contributed by atoms with Gasteiger partial charge in [-0.2, -0.15) is 23.5 Å². The second-order valence-corrected chi connectivity index (χ2v) is 26.7. The monoisotopic (exact) mass is 1420 g/mol. The topological polar surface area (TPSA) is 475 Å². The molecule has 0 spiro atoms. The molecule has 16 N–H and O–H groups in total. The summed E-state index contributed by atoms with van der Waals surface area (Å²) >= 11 is 2.44. The van der Waals surface area contributed by atoms with Crippen molar-refractivity contribution in [1.29, 1.82) is 0 Å². The van der Waals surface area contributed by atoms with Gasteiger partial charge in [0.15, 0.2) is 0 Å². The number of phenolic OH excluding ortho intramolecular Hbond substituents is 1. The van der Waals surface area contributed by atoms with Gasteiger partial charge in [-0.1, -0.05) is 55.4 Å². The van der Waals surface area contributed by atoms with Crippen LogP contribution in [0.4, 0.5) is 0 Å². The molecule has 33 heteroatoms. The van der Waals surface area contributed by atoms with Gasteiger partial charge >= 0.3 is 11.9 Å². The zero-order valence-electron chi connectivity index (χ0n) is 55.5. The molecule has 0 aliphatic carbocycles. The summed E-state index contributed by atoms with van der Waals surface area (Å²) in [5.74, 6) is -11.9. The molecule has 538 valence electrons. The first kappa shape index (κ1) is 77.2. The molecule has 0 fully saturated rings. The lowest BCUT2D eigenvalue weighted by Crippen LogP contribution is -2.61. The van der Waals surface area contributed by atoms with Gasteiger partial charge in [-0.25, -0.2) is 4.98 Å². The number of nitrogens with two attached hydrogens (primary N) is 1. The number of carboxylic acids is 2. The Morgan fingerprint density at radius 1 is 0.610 bits per heavy atom. The quantitative estimate of drug-likeness (QED) is 0.0704. The molecule has 31 nitrogen and oxygen atoms in total. The normalized spacial score (nSPS) is 23.4. The highest BCUT2D eigenvalue weighted by molar-refractivity contribution is 7.98. The summed E-state index contributed by atoms with van der Waals surface area (Å²) in [6.45, 7) is 5.46. The second kappa shape index (κ2) is 38.8. The number of oxime groups is 1. The third-order valence-electron chi connectivity index (χ3n) is 16.1. The van der Waals surface area contributed by atoms with Crippen LogP contribution in [0.1, 0.15) is 107 Å². The molecule has 10 amide bonds. The van der Waals surface area contributed by atoms with Crippen LogP contribution in [0.25, 0.3) is 10.9 Å². The number of hydrogen-bond donors (Lipinski definition) is 15. The number of nitrogens with one attached hydrogen (secondary N) is 11. The highest BCUT2D eigenvalue weighted by atomic mass is 32.2. The Kier molecular flexibility index (Phi) is 30.0. The van der Waals surface area contributed by atoms with Crippen LogP contribution in [-0.4, -0.2) is 187 Å². The number of imidazole rings is 1. The molecule has 3 aromatic carbocycles. The van der Waals surface area contributed by atoms with E-state index in [4.69, 9.17) is 15.3 Å². The van der Waals surface area contributed by atoms with E-state index in [2.05, 4.69) is 68.0 Å². The number of rotatable bonds is 15. The second-order valence-electron chi connectivity index (χ2n) is 24.7. The molecule has 2 aliphatic rings. The number of aromatic nitrogens is 3. The van der Waals surface area contributed by atoms with Crippen LogP contribution in [0.15, 0.2) is 90.6 Å². The van der Waals surface area contributed by atoms with Crippen molar-refractivity contribution in [3.8, 4) is 11.5 Å². The van der Waals surface area contributed by atoms with Crippen LogP contribution < -0.4 is 58.3 Å². The summed E-state index contributed by atoms with van der Waals surface area (Å²) in [7, 11) is 0. The van der Waals surface area contributed by atoms with Crippen molar-refractivity contribution in [2.45, 2.75) is 164 Å². The molecular formula is C67H86N14O17S2. The molecule has 0 unspecified atom stereocenters. The summed E-state index contributed by atoms with van der Waals surface area (Å²) in [5, 5.41) is 58.2. The Bertz CT molecular complexity index is 3700. The smallest absolute Gasteiger partial charge is 0.303 e. The summed E-state index contributed by atoms with van der Waals surface area (Å²) in [5.41, 5.74) is 9.01. The van der Waals surface area contributed by atoms with E-state index in [9.17, 15) is 63.3 Å². The number of thioether (sulfide) groups is 2. The Morgan fingerprint density at radius 2 is 1.18 bits per heavy atom. The van der Waals surface area contributed by atoms with Crippen LogP contribution in [0, 0.1) is 5.92 Å². The highest BCUT2D eigenvalue weighted by Crippen LogP contribution is 2.27. The predicted octanol–water partition coefficient (Wildman–Crippen LogP) is 1.40. The molecule has 9 atom stereocenters. The number of aromatic hydroxyl groups is 1. The van der Waals surface area contributed by atoms with E-state index in [1.807, 2.05) is 32.0 Å². The van der Waals surface area contributed by atoms with Crippen molar-refractivity contribution in [1.82, 2.24) is 62.8 Å². The van der Waals surface area contributed by atoms with E-state index in [1.165, 1.54) is 67.2 Å². The summed E-state index contributed by atoms with van der Waals surface area (Å²) in [4.78, 5) is 184. The maximum absolute atomic E-state index is 15.1. The molecule has 0 radical (unpaired) electrons. The summed E-state index contributed by atoms with van der Waals surface area (Å²) < 4.78 is 6.28. The minimum absolute atomic E-state index is 0.0519. The number of nitrogens with zero attached hydrogens (tertiary/aromatic N) is 2. The summed E-state index contributed by atoms with van der Waals surface area (Å²) in [6.07, 6.45) is 4.39. The molecule has 4 heterocycles. The van der Waals surface area contributed by atoms with Gasteiger partial charge in [0.25, 0.3) is 5.91 Å². The minimum atomic E-state index is -1.80. The number of carbonyl (C=O) groups excluding carboxylic acids is 10. The van der Waals surface area contributed by atoms with E-state index in [-0.39, 0.29) is 67.0 Å². The maximum atomic E-state index is 15.1. The van der Waals surface area contributed by atoms with Gasteiger partial charge in [-0.15, -0.1) is 0 Å². The van der Waals surface area contributed by atoms with Gasteiger partial charge in [-0.3, -0.25) is 57.5 Å². The number of H-pyrrole nitrogens is 2. The SMILES string of the molecule is CC(C)C[C@@H]1NC(=O)/C=N/OCCCCCCOc2cc3cc(c2)CSC[C@H](NC1=O)C(=O)N[C@@H](Cc1ccc(O)cc1)C(=O)N[C@@H](CCC(=O)O)C(=O)N[C@@H](Cc1c[nH]c2ccccc12)C(=O)N[C@H](CCC(=O)O)C(=O)N[C@@H](Cc1cnc[nH]1)C(=O)N[C@@H](C)C(=O)N[C@H](C(N)=O)CSC3. The highest BCUT2D eigenvalue weighted by Gasteiger charge is 2.37. The number of primary amides is 1. The average molecular weight is 1420 g/mol. The van der Waals surface area contributed by atoms with Crippen molar-refractivity contribution in [2.75, 3.05) is 24.7 Å². The number of para-hydroxylation sites is 1. The van der Waals surface area contributed by atoms with Crippen molar-refractivity contribution in [3.63, 3.8) is 0 Å². The largest absolute Gasteiger partial charge is 0.508 e. The van der Waals surface area contributed by atoms with Crippen LogP contribution in [0.5, 0.6) is 11.5 Å². The number of hydrogen-bond acceptors (Lipinski definition) is 19. The number of ether oxygens (including phenoxy) is 1. The van der Waals surface area contributed by atoms with Crippen LogP contribution in [0.2, 0.25) is 0 Å². The fourth-order valence-corrected chi connectivity index (χ4v) is 12.8. The Morgan fingerprint density at radius 3 is 1.80 bits per heavy atom. The molecule has 2 aliphatic heterocycles. The number of benzene rings is 3. The predicted molar refractivity (Wildman–Crippen MR) is 369 cm³/mol. The first-order chi connectivity index (χ1) is 47.9. The van der Waals surface area contributed by atoms with E-state index < -0.39 is 151 Å². The zero-order valence-corrected chi connectivity index (χ0v) is 57.1. The molecule has 4 bridgehead atoms. The maximum Gasteiger partial charge on any atom is 0.303 e. The van der Waals surface area contributed by atoms with Gasteiger partial charge in [-0.05, 0) is 110 Å². The van der Waals surface area contributed by atoms with Gasteiger partial charge in [0.2, 0.25) is 53.2 Å². The third kappa shape index (κ3) is 25.3. The fraction of sp³-hybridized carbons (Fsp3) is 0.463. The molecular weight excluding hydrogens is 1340 g/mol. The first-order valence-corrected chi connectivity index (χ1v) is 35.0. The van der Waals surface area contributed by atoms with Crippen molar-refractivity contribution in [2.24, 2.45) is 16.8 Å². The number of carboxylic acid groups (broad SMARTS) is 2. The Labute approximate surface area is 584 Å². The molecule has 0 saturated heterocycles. The summed E-state index contributed by atoms with van der Waals surface area (Å²) in [6, 6.07) is 4.18. The van der Waals surface area contributed by atoms with E-state index in [0.29, 0.717) is 64.0 Å². The van der Waals surface area contributed by atoms with E-state index in [0.717, 1.165) is 19.1 Å². The molecule has 2 aromatic heterocycles. The fourth-order valence-electron chi connectivity index (χ4n) is 10.8. The Balaban J connectivity index is 1.32. The third-order valence-corrected chi connectivity index (χ3v) is 18.3. The average Bonchev–Trinajstić information content (AvgIpc) is 1.62. The lowest BCUT2D eigenvalue weighted by Gasteiger charge is -2.28. The van der Waals surface area contributed by atoms with Crippen molar-refractivity contribution < 1.29 is 82.4 Å². The number of aromatic amines is 2. The number of fused-ring (bicyclic) bond motifs is 6. The van der Waals surface area contributed by atoms with Gasteiger partial charge in [0.05, 0.1) is 12.9 Å². The molecule has 100 heavy (non-hydrogen) atoms. The van der Waals surface area contributed by atoms with Gasteiger partial charge in [0.1, 0.15) is 78.7 Å². The molecule has 5 aromatic rings. The minimum Gasteiger partial charge on any atom is -0.508 e. The molecule has 7 rings (SSSR count). The van der Waals surface area contributed by atoms with E-state index in [1.54, 1.807) is 30.5 Å². The number of aliphatic carboxylic acids is 2. The zero-order chi connectivity index (χ0) is 72.3. The first-order valence-electron chi connectivity index (χ1n) is 32.7. The molecule has 0 saturated carbocycles. The van der Waals surface area contributed by atoms with Crippen LogP contribution in [0.3, 0.4) is 0 Å². The van der Waals surface area contributed by atoms with Crippen molar-refractivity contribution >= 4 is 112 Å². The van der Waals surface area contributed by atoms with E-state index >= 15 is 9.59 Å². The van der Waals surface area contributed by atoms with Gasteiger partial charge in [0, 0.05) is 84.1 Å².